The standard InChI is InChI=1S/C17H27BrN2/c1-16(2,3)15-10-19-17(4,5)12-20(15)11-13-6-8-14(18)9-7-13/h6-9,15,19H,10-12H2,1-5H3. The van der Waals surface area contributed by atoms with Crippen molar-refractivity contribution < 1.29 is 0 Å². The van der Waals surface area contributed by atoms with Crippen LogP contribution in [0, 0.1) is 5.41 Å². The van der Waals surface area contributed by atoms with E-state index in [0.717, 1.165) is 24.1 Å². The summed E-state index contributed by atoms with van der Waals surface area (Å²) in [6.45, 7) is 14.8. The summed E-state index contributed by atoms with van der Waals surface area (Å²) in [5.74, 6) is 0. The molecule has 1 heterocycles. The second-order valence-corrected chi connectivity index (χ2v) is 8.59. The van der Waals surface area contributed by atoms with Gasteiger partial charge in [0, 0.05) is 35.7 Å². The van der Waals surface area contributed by atoms with Gasteiger partial charge in [-0.3, -0.25) is 4.90 Å². The predicted octanol–water partition coefficient (Wildman–Crippen LogP) is 4.05. The van der Waals surface area contributed by atoms with Crippen LogP contribution in [-0.2, 0) is 6.54 Å². The molecule has 1 aliphatic heterocycles. The number of piperazine rings is 1. The summed E-state index contributed by atoms with van der Waals surface area (Å²) in [6, 6.07) is 9.28. The van der Waals surface area contributed by atoms with Gasteiger partial charge in [0.15, 0.2) is 0 Å². The summed E-state index contributed by atoms with van der Waals surface area (Å²) in [5, 5.41) is 3.69. The zero-order valence-electron chi connectivity index (χ0n) is 13.3. The molecule has 0 radical (unpaired) electrons. The van der Waals surface area contributed by atoms with Gasteiger partial charge in [-0.05, 0) is 37.0 Å². The van der Waals surface area contributed by atoms with Crippen LogP contribution in [0.2, 0.25) is 0 Å². The van der Waals surface area contributed by atoms with Gasteiger partial charge >= 0.3 is 0 Å². The minimum atomic E-state index is 0.192. The van der Waals surface area contributed by atoms with E-state index >= 15 is 0 Å². The quantitative estimate of drug-likeness (QED) is 0.875. The Labute approximate surface area is 132 Å². The van der Waals surface area contributed by atoms with Gasteiger partial charge in [-0.2, -0.15) is 0 Å². The van der Waals surface area contributed by atoms with Gasteiger partial charge in [-0.15, -0.1) is 0 Å². The van der Waals surface area contributed by atoms with Crippen LogP contribution in [0.25, 0.3) is 0 Å². The number of hydrogen-bond acceptors (Lipinski definition) is 2. The molecule has 1 fully saturated rings. The Hall–Kier alpha value is -0.380. The first kappa shape index (κ1) is 16.0. The van der Waals surface area contributed by atoms with Gasteiger partial charge < -0.3 is 5.32 Å². The number of rotatable bonds is 2. The van der Waals surface area contributed by atoms with Crippen LogP contribution < -0.4 is 5.32 Å². The highest BCUT2D eigenvalue weighted by Gasteiger charge is 2.38. The van der Waals surface area contributed by atoms with Gasteiger partial charge in [0.1, 0.15) is 0 Å². The third-order valence-electron chi connectivity index (χ3n) is 4.11. The van der Waals surface area contributed by atoms with Crippen LogP contribution in [-0.4, -0.2) is 29.6 Å². The van der Waals surface area contributed by atoms with E-state index < -0.39 is 0 Å². The van der Waals surface area contributed by atoms with Crippen LogP contribution in [0.3, 0.4) is 0 Å². The van der Waals surface area contributed by atoms with E-state index in [0.29, 0.717) is 11.5 Å². The summed E-state index contributed by atoms with van der Waals surface area (Å²) < 4.78 is 1.15. The first-order chi connectivity index (χ1) is 9.17. The topological polar surface area (TPSA) is 15.3 Å². The second-order valence-electron chi connectivity index (χ2n) is 7.68. The highest BCUT2D eigenvalue weighted by Crippen LogP contribution is 2.30. The summed E-state index contributed by atoms with van der Waals surface area (Å²) in [5.41, 5.74) is 1.87. The summed E-state index contributed by atoms with van der Waals surface area (Å²) in [6.07, 6.45) is 0. The molecule has 2 nitrogen and oxygen atoms in total. The van der Waals surface area contributed by atoms with Crippen LogP contribution in [0.1, 0.15) is 40.2 Å². The Morgan fingerprint density at radius 1 is 1.25 bits per heavy atom. The molecule has 1 saturated heterocycles. The van der Waals surface area contributed by atoms with E-state index in [-0.39, 0.29) is 5.54 Å². The Morgan fingerprint density at radius 2 is 1.85 bits per heavy atom. The lowest BCUT2D eigenvalue weighted by Gasteiger charge is -2.49. The van der Waals surface area contributed by atoms with Gasteiger partial charge in [0.05, 0.1) is 0 Å². The molecular formula is C17H27BrN2. The minimum absolute atomic E-state index is 0.192. The Kier molecular flexibility index (Phi) is 4.63. The zero-order chi connectivity index (χ0) is 15.0. The average Bonchev–Trinajstić information content (AvgIpc) is 2.29. The molecule has 0 saturated carbocycles. The van der Waals surface area contributed by atoms with E-state index in [1.807, 2.05) is 0 Å². The van der Waals surface area contributed by atoms with E-state index in [4.69, 9.17) is 0 Å². The molecule has 0 aromatic heterocycles. The first-order valence-electron chi connectivity index (χ1n) is 7.41. The number of benzene rings is 1. The molecular weight excluding hydrogens is 312 g/mol. The maximum Gasteiger partial charge on any atom is 0.0273 e. The Bertz CT molecular complexity index is 445. The molecule has 0 bridgehead atoms. The Morgan fingerprint density at radius 3 is 2.40 bits per heavy atom. The van der Waals surface area contributed by atoms with Gasteiger partial charge in [-0.1, -0.05) is 48.8 Å². The van der Waals surface area contributed by atoms with Crippen LogP contribution in [0.4, 0.5) is 0 Å². The fourth-order valence-electron chi connectivity index (χ4n) is 3.02. The van der Waals surface area contributed by atoms with Gasteiger partial charge in [-0.25, -0.2) is 0 Å². The van der Waals surface area contributed by atoms with E-state index in [1.54, 1.807) is 0 Å². The van der Waals surface area contributed by atoms with Crippen molar-refractivity contribution in [1.29, 1.82) is 0 Å². The normalized spacial score (nSPS) is 23.8. The summed E-state index contributed by atoms with van der Waals surface area (Å²) in [4.78, 5) is 2.64. The number of nitrogens with zero attached hydrogens (tertiary/aromatic N) is 1. The van der Waals surface area contributed by atoms with Crippen molar-refractivity contribution in [1.82, 2.24) is 10.2 Å². The van der Waals surface area contributed by atoms with Crippen molar-refractivity contribution >= 4 is 15.9 Å². The Balaban J connectivity index is 2.17. The van der Waals surface area contributed by atoms with E-state index in [9.17, 15) is 0 Å². The fraction of sp³-hybridized carbons (Fsp3) is 0.647. The molecule has 1 N–H and O–H groups in total. The lowest BCUT2D eigenvalue weighted by atomic mass is 9.82. The SMILES string of the molecule is CC1(C)CN(Cc2ccc(Br)cc2)C(C(C)(C)C)CN1. The molecule has 20 heavy (non-hydrogen) atoms. The maximum atomic E-state index is 3.69. The zero-order valence-corrected chi connectivity index (χ0v) is 14.9. The van der Waals surface area contributed by atoms with Crippen molar-refractivity contribution in [2.24, 2.45) is 5.41 Å². The third-order valence-corrected chi connectivity index (χ3v) is 4.64. The highest BCUT2D eigenvalue weighted by atomic mass is 79.9. The van der Waals surface area contributed by atoms with Gasteiger partial charge in [0.2, 0.25) is 0 Å². The second kappa shape index (κ2) is 5.78. The minimum Gasteiger partial charge on any atom is -0.309 e. The monoisotopic (exact) mass is 338 g/mol. The van der Waals surface area contributed by atoms with Crippen LogP contribution in [0.5, 0.6) is 0 Å². The van der Waals surface area contributed by atoms with Crippen molar-refractivity contribution in [3.63, 3.8) is 0 Å². The maximum absolute atomic E-state index is 3.69. The van der Waals surface area contributed by atoms with Crippen molar-refractivity contribution in [3.05, 3.63) is 34.3 Å². The highest BCUT2D eigenvalue weighted by molar-refractivity contribution is 9.10. The van der Waals surface area contributed by atoms with Crippen LogP contribution >= 0.6 is 15.9 Å². The third kappa shape index (κ3) is 4.06. The number of hydrogen-bond donors (Lipinski definition) is 1. The molecule has 1 atom stereocenters. The lowest BCUT2D eigenvalue weighted by molar-refractivity contribution is 0.0272. The number of nitrogens with one attached hydrogen (secondary N) is 1. The summed E-state index contributed by atoms with van der Waals surface area (Å²) >= 11 is 3.51. The molecule has 0 aliphatic carbocycles. The molecule has 1 aromatic carbocycles. The molecule has 0 amide bonds. The smallest absolute Gasteiger partial charge is 0.0273 e. The molecule has 2 rings (SSSR count). The molecule has 1 aliphatic rings. The molecule has 1 unspecified atom stereocenters. The lowest BCUT2D eigenvalue weighted by Crippen LogP contribution is -2.64. The summed E-state index contributed by atoms with van der Waals surface area (Å²) in [7, 11) is 0. The van der Waals surface area contributed by atoms with E-state index in [1.165, 1.54) is 5.56 Å². The largest absolute Gasteiger partial charge is 0.309 e. The first-order valence-corrected chi connectivity index (χ1v) is 8.20. The fourth-order valence-corrected chi connectivity index (χ4v) is 3.28. The molecule has 3 heteroatoms. The van der Waals surface area contributed by atoms with Crippen LogP contribution in [0.15, 0.2) is 28.7 Å². The average molecular weight is 339 g/mol. The molecule has 112 valence electrons. The van der Waals surface area contributed by atoms with Gasteiger partial charge in [0.25, 0.3) is 0 Å². The van der Waals surface area contributed by atoms with E-state index in [2.05, 4.69) is 85.0 Å². The van der Waals surface area contributed by atoms with Crippen molar-refractivity contribution in [3.8, 4) is 0 Å². The van der Waals surface area contributed by atoms with Crippen molar-refractivity contribution in [2.75, 3.05) is 13.1 Å². The molecule has 0 spiro atoms. The van der Waals surface area contributed by atoms with Crippen molar-refractivity contribution in [2.45, 2.75) is 52.7 Å². The molecule has 1 aromatic rings. The number of halogens is 1. The predicted molar refractivity (Wildman–Crippen MR) is 89.9 cm³/mol.